The molecular weight excluding hydrogens is 350 g/mol. The predicted octanol–water partition coefficient (Wildman–Crippen LogP) is 2.75. The SMILES string of the molecule is Cc1cncc(C(=O)N2CC3(CC(OCc4csc(C)n4)CCO3)C2)c1. The molecule has 1 atom stereocenters. The summed E-state index contributed by atoms with van der Waals surface area (Å²) >= 11 is 1.64. The van der Waals surface area contributed by atoms with Gasteiger partial charge in [-0.1, -0.05) is 0 Å². The molecule has 7 heteroatoms. The van der Waals surface area contributed by atoms with Crippen molar-refractivity contribution in [1.29, 1.82) is 0 Å². The van der Waals surface area contributed by atoms with Gasteiger partial charge < -0.3 is 14.4 Å². The number of carbonyl (C=O) groups is 1. The number of thiazole rings is 1. The van der Waals surface area contributed by atoms with Gasteiger partial charge in [-0.15, -0.1) is 11.3 Å². The Morgan fingerprint density at radius 1 is 1.42 bits per heavy atom. The molecule has 1 amide bonds. The van der Waals surface area contributed by atoms with E-state index in [0.29, 0.717) is 31.9 Å². The van der Waals surface area contributed by atoms with Crippen molar-refractivity contribution >= 4 is 17.2 Å². The van der Waals surface area contributed by atoms with Gasteiger partial charge in [-0.3, -0.25) is 9.78 Å². The van der Waals surface area contributed by atoms with Crippen LogP contribution in [-0.2, 0) is 16.1 Å². The summed E-state index contributed by atoms with van der Waals surface area (Å²) in [7, 11) is 0. The lowest BCUT2D eigenvalue weighted by Crippen LogP contribution is -2.67. The van der Waals surface area contributed by atoms with Crippen molar-refractivity contribution in [2.45, 2.75) is 45.0 Å². The summed E-state index contributed by atoms with van der Waals surface area (Å²) in [5, 5.41) is 3.11. The van der Waals surface area contributed by atoms with Crippen LogP contribution in [0.5, 0.6) is 0 Å². The number of likely N-dealkylation sites (tertiary alicyclic amines) is 1. The average molecular weight is 373 g/mol. The van der Waals surface area contributed by atoms with E-state index < -0.39 is 0 Å². The summed E-state index contributed by atoms with van der Waals surface area (Å²) in [5.41, 5.74) is 2.37. The molecule has 2 aliphatic rings. The summed E-state index contributed by atoms with van der Waals surface area (Å²) < 4.78 is 12.1. The van der Waals surface area contributed by atoms with E-state index in [-0.39, 0.29) is 17.6 Å². The van der Waals surface area contributed by atoms with Crippen LogP contribution in [-0.4, -0.2) is 52.2 Å². The Labute approximate surface area is 157 Å². The third kappa shape index (κ3) is 3.65. The van der Waals surface area contributed by atoms with Crippen LogP contribution in [0.3, 0.4) is 0 Å². The Morgan fingerprint density at radius 3 is 3.00 bits per heavy atom. The summed E-state index contributed by atoms with van der Waals surface area (Å²) in [6.45, 7) is 6.40. The second-order valence-corrected chi connectivity index (χ2v) is 8.29. The normalized spacial score (nSPS) is 21.6. The smallest absolute Gasteiger partial charge is 0.255 e. The molecule has 2 aromatic heterocycles. The van der Waals surface area contributed by atoms with Crippen molar-refractivity contribution in [3.05, 3.63) is 45.7 Å². The van der Waals surface area contributed by atoms with Crippen molar-refractivity contribution in [1.82, 2.24) is 14.9 Å². The van der Waals surface area contributed by atoms with Gasteiger partial charge in [-0.25, -0.2) is 4.98 Å². The maximum absolute atomic E-state index is 12.6. The van der Waals surface area contributed by atoms with Gasteiger partial charge in [0, 0.05) is 30.8 Å². The molecule has 0 bridgehead atoms. The first-order valence-electron chi connectivity index (χ1n) is 8.90. The van der Waals surface area contributed by atoms with E-state index in [1.807, 2.05) is 30.2 Å². The number of nitrogens with zero attached hydrogens (tertiary/aromatic N) is 3. The first-order chi connectivity index (χ1) is 12.5. The van der Waals surface area contributed by atoms with Crippen LogP contribution in [0.4, 0.5) is 0 Å². The summed E-state index contributed by atoms with van der Waals surface area (Å²) in [6.07, 6.45) is 5.25. The van der Waals surface area contributed by atoms with Crippen LogP contribution in [0.15, 0.2) is 23.8 Å². The number of amides is 1. The van der Waals surface area contributed by atoms with Gasteiger partial charge in [0.05, 0.1) is 42.1 Å². The summed E-state index contributed by atoms with van der Waals surface area (Å²) in [4.78, 5) is 23.0. The van der Waals surface area contributed by atoms with Crippen LogP contribution < -0.4 is 0 Å². The standard InChI is InChI=1S/C19H23N3O3S/c1-13-5-15(8-20-7-13)18(23)22-11-19(12-22)6-17(3-4-25-19)24-9-16-10-26-14(2)21-16/h5,7-8,10,17H,3-4,6,9,11-12H2,1-2H3. The van der Waals surface area contributed by atoms with Gasteiger partial charge in [-0.05, 0) is 31.9 Å². The number of aryl methyl sites for hydroxylation is 2. The van der Waals surface area contributed by atoms with Gasteiger partial charge in [0.25, 0.3) is 5.91 Å². The monoisotopic (exact) mass is 373 g/mol. The van der Waals surface area contributed by atoms with Crippen LogP contribution in [0.25, 0.3) is 0 Å². The minimum atomic E-state index is -0.256. The Morgan fingerprint density at radius 2 is 2.27 bits per heavy atom. The highest BCUT2D eigenvalue weighted by molar-refractivity contribution is 7.09. The molecule has 2 saturated heterocycles. The predicted molar refractivity (Wildman–Crippen MR) is 98.2 cm³/mol. The Balaban J connectivity index is 1.32. The number of pyridine rings is 1. The second-order valence-electron chi connectivity index (χ2n) is 7.23. The molecule has 4 rings (SSSR count). The molecular formula is C19H23N3O3S. The number of carbonyl (C=O) groups excluding carboxylic acids is 1. The molecule has 2 fully saturated rings. The van der Waals surface area contributed by atoms with Crippen LogP contribution >= 0.6 is 11.3 Å². The highest BCUT2D eigenvalue weighted by Crippen LogP contribution is 2.36. The molecule has 0 aromatic carbocycles. The van der Waals surface area contributed by atoms with E-state index in [1.54, 1.807) is 23.7 Å². The van der Waals surface area contributed by atoms with Crippen LogP contribution in [0.2, 0.25) is 0 Å². The quantitative estimate of drug-likeness (QED) is 0.825. The largest absolute Gasteiger partial charge is 0.372 e. The summed E-state index contributed by atoms with van der Waals surface area (Å²) in [5.74, 6) is 0.0245. The molecule has 138 valence electrons. The van der Waals surface area contributed by atoms with Gasteiger partial charge in [0.15, 0.2) is 0 Å². The van der Waals surface area contributed by atoms with E-state index in [0.717, 1.165) is 29.1 Å². The van der Waals surface area contributed by atoms with Crippen molar-refractivity contribution in [3.8, 4) is 0 Å². The number of hydrogen-bond acceptors (Lipinski definition) is 6. The molecule has 2 aliphatic heterocycles. The molecule has 1 unspecified atom stereocenters. The highest BCUT2D eigenvalue weighted by Gasteiger charge is 2.49. The zero-order chi connectivity index (χ0) is 18.1. The van der Waals surface area contributed by atoms with Crippen LogP contribution in [0.1, 0.15) is 39.5 Å². The third-order valence-corrected chi connectivity index (χ3v) is 5.77. The number of aromatic nitrogens is 2. The fourth-order valence-corrected chi connectivity index (χ4v) is 4.27. The molecule has 0 radical (unpaired) electrons. The molecule has 0 saturated carbocycles. The zero-order valence-electron chi connectivity index (χ0n) is 15.1. The fraction of sp³-hybridized carbons (Fsp3) is 0.526. The summed E-state index contributed by atoms with van der Waals surface area (Å²) in [6, 6.07) is 1.88. The molecule has 1 spiro atoms. The molecule has 2 aromatic rings. The number of hydrogen-bond donors (Lipinski definition) is 0. The van der Waals surface area contributed by atoms with Gasteiger partial charge in [0.2, 0.25) is 0 Å². The third-order valence-electron chi connectivity index (χ3n) is 4.95. The first kappa shape index (κ1) is 17.6. The molecule has 0 aliphatic carbocycles. The highest BCUT2D eigenvalue weighted by atomic mass is 32.1. The maximum atomic E-state index is 12.6. The maximum Gasteiger partial charge on any atom is 0.255 e. The van der Waals surface area contributed by atoms with E-state index in [2.05, 4.69) is 9.97 Å². The molecule has 4 heterocycles. The van der Waals surface area contributed by atoms with Crippen molar-refractivity contribution in [2.75, 3.05) is 19.7 Å². The van der Waals surface area contributed by atoms with Gasteiger partial charge in [-0.2, -0.15) is 0 Å². The Hall–Kier alpha value is -1.83. The average Bonchev–Trinajstić information content (AvgIpc) is 3.03. The van der Waals surface area contributed by atoms with E-state index in [9.17, 15) is 4.79 Å². The topological polar surface area (TPSA) is 64.6 Å². The lowest BCUT2D eigenvalue weighted by Gasteiger charge is -2.53. The lowest BCUT2D eigenvalue weighted by atomic mass is 9.84. The van der Waals surface area contributed by atoms with Crippen molar-refractivity contribution in [3.63, 3.8) is 0 Å². The minimum Gasteiger partial charge on any atom is -0.372 e. The van der Waals surface area contributed by atoms with E-state index in [1.165, 1.54) is 0 Å². The Bertz CT molecular complexity index is 801. The van der Waals surface area contributed by atoms with Crippen molar-refractivity contribution in [2.24, 2.45) is 0 Å². The zero-order valence-corrected chi connectivity index (χ0v) is 15.9. The molecule has 6 nitrogen and oxygen atoms in total. The second kappa shape index (κ2) is 7.06. The van der Waals surface area contributed by atoms with Gasteiger partial charge in [0.1, 0.15) is 5.60 Å². The molecule has 0 N–H and O–H groups in total. The molecule has 26 heavy (non-hydrogen) atoms. The van der Waals surface area contributed by atoms with E-state index >= 15 is 0 Å². The van der Waals surface area contributed by atoms with E-state index in [4.69, 9.17) is 9.47 Å². The fourth-order valence-electron chi connectivity index (χ4n) is 3.67. The minimum absolute atomic E-state index is 0.0245. The van der Waals surface area contributed by atoms with Crippen molar-refractivity contribution < 1.29 is 14.3 Å². The number of ether oxygens (including phenoxy) is 2. The first-order valence-corrected chi connectivity index (χ1v) is 9.78. The van der Waals surface area contributed by atoms with Gasteiger partial charge >= 0.3 is 0 Å². The Kier molecular flexibility index (Phi) is 4.77. The van der Waals surface area contributed by atoms with Crippen LogP contribution in [0, 0.1) is 13.8 Å². The lowest BCUT2D eigenvalue weighted by molar-refractivity contribution is -0.188. The number of rotatable bonds is 4.